The molecule has 2 unspecified atom stereocenters. The molecular weight excluding hydrogens is 158 g/mol. The standard InChI is InChI=1S/C9H16.C3H9N/c1-3-9-6-4-8(2)5-7-9;1-3-4-2/h4,6,8-9H,3,5,7H2,1-2H3;4H,3H2,1-2H3. The van der Waals surface area contributed by atoms with Crippen LogP contribution in [0.3, 0.4) is 0 Å². The van der Waals surface area contributed by atoms with Gasteiger partial charge in [0.1, 0.15) is 0 Å². The van der Waals surface area contributed by atoms with Crippen molar-refractivity contribution in [3.05, 3.63) is 12.2 Å². The second-order valence-corrected chi connectivity index (χ2v) is 3.81. The third-order valence-corrected chi connectivity index (χ3v) is 2.58. The van der Waals surface area contributed by atoms with Crippen LogP contribution in [0, 0.1) is 11.8 Å². The second-order valence-electron chi connectivity index (χ2n) is 3.81. The van der Waals surface area contributed by atoms with Crippen LogP contribution in [-0.4, -0.2) is 13.6 Å². The summed E-state index contributed by atoms with van der Waals surface area (Å²) in [5.74, 6) is 1.73. The van der Waals surface area contributed by atoms with Crippen molar-refractivity contribution in [1.82, 2.24) is 5.32 Å². The van der Waals surface area contributed by atoms with Crippen molar-refractivity contribution >= 4 is 0 Å². The summed E-state index contributed by atoms with van der Waals surface area (Å²) in [4.78, 5) is 0. The van der Waals surface area contributed by atoms with Gasteiger partial charge in [0, 0.05) is 0 Å². The van der Waals surface area contributed by atoms with Crippen LogP contribution in [-0.2, 0) is 0 Å². The first-order valence-corrected chi connectivity index (χ1v) is 5.57. The van der Waals surface area contributed by atoms with Crippen LogP contribution in [0.15, 0.2) is 12.2 Å². The Kier molecular flexibility index (Phi) is 8.11. The summed E-state index contributed by atoms with van der Waals surface area (Å²) in [6, 6.07) is 0. The minimum Gasteiger partial charge on any atom is -0.320 e. The van der Waals surface area contributed by atoms with E-state index in [1.54, 1.807) is 0 Å². The fourth-order valence-corrected chi connectivity index (χ4v) is 1.36. The highest BCUT2D eigenvalue weighted by atomic mass is 14.8. The highest BCUT2D eigenvalue weighted by Crippen LogP contribution is 2.23. The zero-order chi connectivity index (χ0) is 10.1. The average Bonchev–Trinajstić information content (AvgIpc) is 2.19. The lowest BCUT2D eigenvalue weighted by Crippen LogP contribution is -2.04. The molecule has 1 N–H and O–H groups in total. The number of nitrogens with one attached hydrogen (secondary N) is 1. The van der Waals surface area contributed by atoms with E-state index in [9.17, 15) is 0 Å². The van der Waals surface area contributed by atoms with Gasteiger partial charge in [0.25, 0.3) is 0 Å². The number of allylic oxidation sites excluding steroid dienone is 2. The molecule has 0 aromatic carbocycles. The summed E-state index contributed by atoms with van der Waals surface area (Å²) in [6.07, 6.45) is 8.87. The highest BCUT2D eigenvalue weighted by Gasteiger charge is 2.09. The van der Waals surface area contributed by atoms with Crippen molar-refractivity contribution < 1.29 is 0 Å². The van der Waals surface area contributed by atoms with E-state index in [2.05, 4.69) is 38.2 Å². The first-order valence-electron chi connectivity index (χ1n) is 5.57. The summed E-state index contributed by atoms with van der Waals surface area (Å²) < 4.78 is 0. The van der Waals surface area contributed by atoms with Gasteiger partial charge >= 0.3 is 0 Å². The smallest absolute Gasteiger partial charge is 0.00804 e. The molecule has 0 saturated carbocycles. The quantitative estimate of drug-likeness (QED) is 0.648. The molecule has 0 amide bonds. The fraction of sp³-hybridized carbons (Fsp3) is 0.833. The summed E-state index contributed by atoms with van der Waals surface area (Å²) in [6.45, 7) is 7.70. The largest absolute Gasteiger partial charge is 0.320 e. The molecule has 2 atom stereocenters. The van der Waals surface area contributed by atoms with Gasteiger partial charge in [-0.05, 0) is 44.7 Å². The monoisotopic (exact) mass is 183 g/mol. The van der Waals surface area contributed by atoms with Crippen molar-refractivity contribution in [1.29, 1.82) is 0 Å². The Labute approximate surface area is 83.6 Å². The molecule has 1 rings (SSSR count). The molecule has 0 aromatic rings. The van der Waals surface area contributed by atoms with Crippen LogP contribution in [0.4, 0.5) is 0 Å². The normalized spacial score (nSPS) is 26.5. The van der Waals surface area contributed by atoms with Crippen molar-refractivity contribution in [3.63, 3.8) is 0 Å². The molecule has 0 aromatic heterocycles. The summed E-state index contributed by atoms with van der Waals surface area (Å²) in [7, 11) is 1.93. The Morgan fingerprint density at radius 2 is 1.85 bits per heavy atom. The third kappa shape index (κ3) is 6.83. The molecular formula is C12H25N. The van der Waals surface area contributed by atoms with Gasteiger partial charge in [0.15, 0.2) is 0 Å². The number of hydrogen-bond donors (Lipinski definition) is 1. The molecule has 0 aliphatic heterocycles. The van der Waals surface area contributed by atoms with Gasteiger partial charge in [-0.25, -0.2) is 0 Å². The minimum atomic E-state index is 0.841. The van der Waals surface area contributed by atoms with Crippen molar-refractivity contribution in [2.24, 2.45) is 11.8 Å². The Balaban J connectivity index is 0.000000310. The lowest BCUT2D eigenvalue weighted by atomic mass is 9.88. The molecule has 78 valence electrons. The average molecular weight is 183 g/mol. The van der Waals surface area contributed by atoms with Crippen molar-refractivity contribution in [2.45, 2.75) is 40.0 Å². The van der Waals surface area contributed by atoms with E-state index in [1.165, 1.54) is 19.3 Å². The predicted octanol–water partition coefficient (Wildman–Crippen LogP) is 3.22. The van der Waals surface area contributed by atoms with E-state index >= 15 is 0 Å². The molecule has 1 aliphatic carbocycles. The lowest BCUT2D eigenvalue weighted by Gasteiger charge is -2.17. The lowest BCUT2D eigenvalue weighted by molar-refractivity contribution is 0.467. The van der Waals surface area contributed by atoms with E-state index < -0.39 is 0 Å². The molecule has 1 aliphatic rings. The Morgan fingerprint density at radius 1 is 1.23 bits per heavy atom. The summed E-state index contributed by atoms with van der Waals surface area (Å²) >= 11 is 0. The van der Waals surface area contributed by atoms with E-state index in [0.29, 0.717) is 0 Å². The number of hydrogen-bond acceptors (Lipinski definition) is 1. The molecule has 1 heteroatoms. The fourth-order valence-electron chi connectivity index (χ4n) is 1.36. The zero-order valence-electron chi connectivity index (χ0n) is 9.64. The molecule has 0 heterocycles. The van der Waals surface area contributed by atoms with E-state index in [-0.39, 0.29) is 0 Å². The van der Waals surface area contributed by atoms with Gasteiger partial charge in [-0.2, -0.15) is 0 Å². The maximum Gasteiger partial charge on any atom is -0.00804 e. The third-order valence-electron chi connectivity index (χ3n) is 2.58. The second kappa shape index (κ2) is 8.31. The van der Waals surface area contributed by atoms with Crippen LogP contribution in [0.5, 0.6) is 0 Å². The van der Waals surface area contributed by atoms with Crippen molar-refractivity contribution in [3.8, 4) is 0 Å². The minimum absolute atomic E-state index is 0.841. The summed E-state index contributed by atoms with van der Waals surface area (Å²) in [5.41, 5.74) is 0. The Bertz CT molecular complexity index is 127. The molecule has 0 spiro atoms. The number of rotatable bonds is 2. The van der Waals surface area contributed by atoms with Crippen LogP contribution in [0.1, 0.15) is 40.0 Å². The highest BCUT2D eigenvalue weighted by molar-refractivity contribution is 4.95. The first-order chi connectivity index (χ1) is 6.24. The molecule has 0 fully saturated rings. The van der Waals surface area contributed by atoms with Gasteiger partial charge < -0.3 is 5.32 Å². The van der Waals surface area contributed by atoms with E-state index in [4.69, 9.17) is 0 Å². The Hall–Kier alpha value is -0.300. The maximum absolute atomic E-state index is 2.93. The van der Waals surface area contributed by atoms with Crippen LogP contribution < -0.4 is 5.32 Å². The van der Waals surface area contributed by atoms with Gasteiger partial charge in [-0.15, -0.1) is 0 Å². The molecule has 13 heavy (non-hydrogen) atoms. The topological polar surface area (TPSA) is 12.0 Å². The van der Waals surface area contributed by atoms with E-state index in [1.807, 2.05) is 7.05 Å². The van der Waals surface area contributed by atoms with Crippen LogP contribution in [0.2, 0.25) is 0 Å². The Morgan fingerprint density at radius 3 is 2.15 bits per heavy atom. The van der Waals surface area contributed by atoms with Gasteiger partial charge in [0.2, 0.25) is 0 Å². The van der Waals surface area contributed by atoms with E-state index in [0.717, 1.165) is 18.4 Å². The van der Waals surface area contributed by atoms with Crippen molar-refractivity contribution in [2.75, 3.05) is 13.6 Å². The molecule has 0 radical (unpaired) electrons. The first kappa shape index (κ1) is 12.7. The van der Waals surface area contributed by atoms with Crippen LogP contribution >= 0.6 is 0 Å². The molecule has 0 bridgehead atoms. The molecule has 0 saturated heterocycles. The van der Waals surface area contributed by atoms with Gasteiger partial charge in [-0.1, -0.05) is 32.9 Å². The zero-order valence-corrected chi connectivity index (χ0v) is 9.64. The molecule has 1 nitrogen and oxygen atoms in total. The maximum atomic E-state index is 2.93. The predicted molar refractivity (Wildman–Crippen MR) is 60.9 cm³/mol. The van der Waals surface area contributed by atoms with Gasteiger partial charge in [0.05, 0.1) is 0 Å². The SMILES string of the molecule is CCC1C=CC(C)CC1.CCNC. The van der Waals surface area contributed by atoms with Crippen LogP contribution in [0.25, 0.3) is 0 Å². The van der Waals surface area contributed by atoms with Gasteiger partial charge in [-0.3, -0.25) is 0 Å². The summed E-state index contributed by atoms with van der Waals surface area (Å²) in [5, 5.41) is 2.93.